The molecule has 0 bridgehead atoms. The molecule has 3 heteroatoms. The van der Waals surface area contributed by atoms with Crippen LogP contribution < -0.4 is 0 Å². The molecular weight excluding hydrogens is 348 g/mol. The van der Waals surface area contributed by atoms with Gasteiger partial charge in [0.2, 0.25) is 0 Å². The highest BCUT2D eigenvalue weighted by Gasteiger charge is 2.09. The first kappa shape index (κ1) is 13.7. The molecule has 0 saturated carbocycles. The van der Waals surface area contributed by atoms with Crippen molar-refractivity contribution in [3.05, 3.63) is 75.7 Å². The Morgan fingerprint density at radius 3 is 1.95 bits per heavy atom. The lowest BCUT2D eigenvalue weighted by atomic mass is 10.1. The Balaban J connectivity index is 2.22. The van der Waals surface area contributed by atoms with Crippen molar-refractivity contribution in [2.75, 3.05) is 0 Å². The van der Waals surface area contributed by atoms with Crippen molar-refractivity contribution >= 4 is 39.5 Å². The van der Waals surface area contributed by atoms with Crippen LogP contribution >= 0.6 is 39.5 Å². The summed E-state index contributed by atoms with van der Waals surface area (Å²) in [5.41, 5.74) is 2.39. The summed E-state index contributed by atoms with van der Waals surface area (Å²) in [5, 5.41) is 0. The predicted molar refractivity (Wildman–Crippen MR) is 93.7 cm³/mol. The minimum atomic E-state index is 0.849. The maximum atomic E-state index is 5.49. The van der Waals surface area contributed by atoms with Gasteiger partial charge in [-0.05, 0) is 33.1 Å². The van der Waals surface area contributed by atoms with Crippen molar-refractivity contribution in [2.45, 2.75) is 0 Å². The zero-order valence-electron chi connectivity index (χ0n) is 10.5. The van der Waals surface area contributed by atoms with Crippen LogP contribution in [0.15, 0.2) is 71.2 Å². The summed E-state index contributed by atoms with van der Waals surface area (Å²) in [7, 11) is 0. The van der Waals surface area contributed by atoms with Gasteiger partial charge in [-0.2, -0.15) is 0 Å². The van der Waals surface area contributed by atoms with Crippen LogP contribution in [0.3, 0.4) is 0 Å². The van der Waals surface area contributed by atoms with E-state index in [1.165, 1.54) is 20.9 Å². The van der Waals surface area contributed by atoms with Crippen molar-refractivity contribution in [1.82, 2.24) is 0 Å². The molecule has 0 aliphatic rings. The van der Waals surface area contributed by atoms with Gasteiger partial charge in [0.05, 0.1) is 13.9 Å². The Labute approximate surface area is 135 Å². The summed E-state index contributed by atoms with van der Waals surface area (Å²) >= 11 is 10.9. The van der Waals surface area contributed by atoms with Crippen molar-refractivity contribution in [3.63, 3.8) is 0 Å². The highest BCUT2D eigenvalue weighted by atomic mass is 79.9. The van der Waals surface area contributed by atoms with Crippen LogP contribution in [0.1, 0.15) is 0 Å². The monoisotopic (exact) mass is 358 g/mol. The molecule has 0 aliphatic carbocycles. The highest BCUT2D eigenvalue weighted by Crippen LogP contribution is 2.38. The number of hydrogen-bond donors (Lipinski definition) is 0. The second-order valence-electron chi connectivity index (χ2n) is 4.35. The van der Waals surface area contributed by atoms with E-state index in [9.17, 15) is 0 Å². The third-order valence-corrected chi connectivity index (χ3v) is 5.87. The van der Waals surface area contributed by atoms with Gasteiger partial charge < -0.3 is 0 Å². The van der Waals surface area contributed by atoms with Gasteiger partial charge in [0, 0.05) is 4.88 Å². The first-order chi connectivity index (χ1) is 9.75. The Morgan fingerprint density at radius 1 is 0.800 bits per heavy atom. The van der Waals surface area contributed by atoms with Gasteiger partial charge in [-0.15, -0.1) is 11.3 Å². The zero-order chi connectivity index (χ0) is 13.9. The number of halogens is 1. The number of hydrogen-bond acceptors (Lipinski definition) is 2. The van der Waals surface area contributed by atoms with Crippen LogP contribution in [-0.4, -0.2) is 0 Å². The molecule has 0 N–H and O–H groups in total. The molecule has 1 heterocycles. The Hall–Kier alpha value is -1.29. The van der Waals surface area contributed by atoms with E-state index in [4.69, 9.17) is 12.2 Å². The van der Waals surface area contributed by atoms with E-state index in [2.05, 4.69) is 58.4 Å². The average molecular weight is 359 g/mol. The summed E-state index contributed by atoms with van der Waals surface area (Å²) in [4.78, 5) is 2.37. The van der Waals surface area contributed by atoms with Crippen LogP contribution in [-0.2, 0) is 0 Å². The third kappa shape index (κ3) is 2.75. The standard InChI is InChI=1S/C17H11BrS2/c18-16-14(19)11-15(12-7-3-1-4-8-12)20-17(16)13-9-5-2-6-10-13/h1-11H. The fraction of sp³-hybridized carbons (Fsp3) is 0. The molecule has 98 valence electrons. The van der Waals surface area contributed by atoms with E-state index in [0.717, 1.165) is 8.98 Å². The molecule has 0 unspecified atom stereocenters. The second kappa shape index (κ2) is 6.00. The maximum Gasteiger partial charge on any atom is 0.0548 e. The molecule has 3 rings (SSSR count). The van der Waals surface area contributed by atoms with Crippen LogP contribution in [0, 0.1) is 4.51 Å². The topological polar surface area (TPSA) is 0 Å². The Bertz CT molecular complexity index is 777. The molecule has 0 radical (unpaired) electrons. The molecule has 0 fully saturated rings. The van der Waals surface area contributed by atoms with E-state index in [1.54, 1.807) is 11.3 Å². The van der Waals surface area contributed by atoms with E-state index >= 15 is 0 Å². The van der Waals surface area contributed by atoms with Crippen molar-refractivity contribution in [3.8, 4) is 20.9 Å². The lowest BCUT2D eigenvalue weighted by molar-refractivity contribution is 1.63. The van der Waals surface area contributed by atoms with Gasteiger partial charge in [-0.1, -0.05) is 72.9 Å². The van der Waals surface area contributed by atoms with Crippen LogP contribution in [0.2, 0.25) is 0 Å². The average Bonchev–Trinajstić information content (AvgIpc) is 2.51. The molecule has 0 nitrogen and oxygen atoms in total. The molecule has 0 atom stereocenters. The lowest BCUT2D eigenvalue weighted by Gasteiger charge is -2.08. The molecule has 2 aromatic carbocycles. The molecule has 0 saturated heterocycles. The number of rotatable bonds is 2. The predicted octanol–water partition coefficient (Wildman–Crippen LogP) is 6.57. The highest BCUT2D eigenvalue weighted by molar-refractivity contribution is 9.10. The Kier molecular flexibility index (Phi) is 4.10. The first-order valence-corrected chi connectivity index (χ1v) is 8.22. The van der Waals surface area contributed by atoms with Crippen molar-refractivity contribution in [1.29, 1.82) is 0 Å². The minimum Gasteiger partial charge on any atom is -0.134 e. The molecule has 0 spiro atoms. The van der Waals surface area contributed by atoms with Gasteiger partial charge in [0.15, 0.2) is 0 Å². The summed E-state index contributed by atoms with van der Waals surface area (Å²) in [5.74, 6) is 0. The molecule has 0 amide bonds. The maximum absolute atomic E-state index is 5.49. The zero-order valence-corrected chi connectivity index (χ0v) is 13.8. The quantitative estimate of drug-likeness (QED) is 0.466. The van der Waals surface area contributed by atoms with Crippen molar-refractivity contribution < 1.29 is 0 Å². The fourth-order valence-corrected chi connectivity index (χ4v) is 4.05. The van der Waals surface area contributed by atoms with Gasteiger partial charge in [-0.25, -0.2) is 0 Å². The molecule has 20 heavy (non-hydrogen) atoms. The molecule has 0 aliphatic heterocycles. The van der Waals surface area contributed by atoms with E-state index < -0.39 is 0 Å². The smallest absolute Gasteiger partial charge is 0.0548 e. The van der Waals surface area contributed by atoms with Crippen LogP contribution in [0.25, 0.3) is 20.9 Å². The molecule has 3 aromatic rings. The molecular formula is C17H11BrS2. The second-order valence-corrected chi connectivity index (χ2v) is 6.64. The van der Waals surface area contributed by atoms with Gasteiger partial charge in [-0.3, -0.25) is 0 Å². The summed E-state index contributed by atoms with van der Waals surface area (Å²) in [6.45, 7) is 0. The summed E-state index contributed by atoms with van der Waals surface area (Å²) in [6, 6.07) is 22.8. The largest absolute Gasteiger partial charge is 0.134 e. The van der Waals surface area contributed by atoms with Gasteiger partial charge in [0.1, 0.15) is 0 Å². The normalized spacial score (nSPS) is 10.4. The SMILES string of the molecule is S=c1cc(-c2ccccc2)sc(-c2ccccc2)c1Br. The van der Waals surface area contributed by atoms with E-state index in [-0.39, 0.29) is 0 Å². The van der Waals surface area contributed by atoms with Crippen LogP contribution in [0.5, 0.6) is 0 Å². The fourth-order valence-electron chi connectivity index (χ4n) is 2.00. The van der Waals surface area contributed by atoms with Gasteiger partial charge in [0.25, 0.3) is 0 Å². The van der Waals surface area contributed by atoms with E-state index in [1.807, 2.05) is 24.3 Å². The lowest BCUT2D eigenvalue weighted by Crippen LogP contribution is -1.81. The minimum absolute atomic E-state index is 0.849. The molecule has 1 aromatic heterocycles. The summed E-state index contributed by atoms with van der Waals surface area (Å²) in [6.07, 6.45) is 0. The van der Waals surface area contributed by atoms with Crippen molar-refractivity contribution in [2.24, 2.45) is 0 Å². The number of benzene rings is 2. The first-order valence-electron chi connectivity index (χ1n) is 6.20. The Morgan fingerprint density at radius 2 is 1.35 bits per heavy atom. The van der Waals surface area contributed by atoms with Crippen LogP contribution in [0.4, 0.5) is 0 Å². The summed E-state index contributed by atoms with van der Waals surface area (Å²) < 4.78 is 1.85. The third-order valence-electron chi connectivity index (χ3n) is 2.98. The van der Waals surface area contributed by atoms with E-state index in [0.29, 0.717) is 0 Å². The van der Waals surface area contributed by atoms with Gasteiger partial charge >= 0.3 is 0 Å².